The van der Waals surface area contributed by atoms with Gasteiger partial charge in [-0.1, -0.05) is 30.3 Å². The fourth-order valence-electron chi connectivity index (χ4n) is 3.32. The molecule has 0 aliphatic carbocycles. The van der Waals surface area contributed by atoms with Crippen LogP contribution in [0.3, 0.4) is 0 Å². The zero-order valence-electron chi connectivity index (χ0n) is 13.8. The summed E-state index contributed by atoms with van der Waals surface area (Å²) in [5.74, 6) is 2.44. The molecule has 5 nitrogen and oxygen atoms in total. The highest BCUT2D eigenvalue weighted by atomic mass is 15.2. The molecule has 4 rings (SSSR count). The van der Waals surface area contributed by atoms with Crippen LogP contribution in [-0.2, 0) is 0 Å². The van der Waals surface area contributed by atoms with Gasteiger partial charge < -0.3 is 9.88 Å². The molecule has 1 aromatic carbocycles. The fourth-order valence-corrected chi connectivity index (χ4v) is 3.32. The van der Waals surface area contributed by atoms with Crippen molar-refractivity contribution in [2.45, 2.75) is 25.7 Å². The lowest BCUT2D eigenvalue weighted by molar-refractivity contribution is 0.491. The second-order valence-electron chi connectivity index (χ2n) is 6.35. The Morgan fingerprint density at radius 3 is 2.83 bits per heavy atom. The van der Waals surface area contributed by atoms with Gasteiger partial charge in [-0.15, -0.1) is 0 Å². The van der Waals surface area contributed by atoms with E-state index in [9.17, 15) is 0 Å². The van der Waals surface area contributed by atoms with Gasteiger partial charge in [0.25, 0.3) is 0 Å². The lowest BCUT2D eigenvalue weighted by Crippen LogP contribution is -2.35. The summed E-state index contributed by atoms with van der Waals surface area (Å²) in [5.41, 5.74) is 3.21. The summed E-state index contributed by atoms with van der Waals surface area (Å²) in [5, 5.41) is 0. The zero-order valence-corrected chi connectivity index (χ0v) is 13.8. The van der Waals surface area contributed by atoms with Gasteiger partial charge in [0, 0.05) is 25.2 Å². The first-order valence-electron chi connectivity index (χ1n) is 8.43. The van der Waals surface area contributed by atoms with Crippen molar-refractivity contribution in [2.75, 3.05) is 18.0 Å². The maximum atomic E-state index is 4.64. The van der Waals surface area contributed by atoms with Crippen LogP contribution in [0.5, 0.6) is 0 Å². The minimum atomic E-state index is 0.401. The van der Waals surface area contributed by atoms with Crippen molar-refractivity contribution < 1.29 is 0 Å². The normalized spacial score (nSPS) is 17.9. The molecule has 0 radical (unpaired) electrons. The molecule has 24 heavy (non-hydrogen) atoms. The van der Waals surface area contributed by atoms with Crippen LogP contribution in [0, 0.1) is 6.92 Å². The lowest BCUT2D eigenvalue weighted by atomic mass is 9.97. The zero-order chi connectivity index (χ0) is 16.4. The van der Waals surface area contributed by atoms with E-state index in [0.717, 1.165) is 49.0 Å². The average Bonchev–Trinajstić information content (AvgIpc) is 3.13. The highest BCUT2D eigenvalue weighted by Gasteiger charge is 2.24. The van der Waals surface area contributed by atoms with Crippen LogP contribution < -0.4 is 4.90 Å². The van der Waals surface area contributed by atoms with Crippen LogP contribution in [0.25, 0.3) is 11.3 Å². The van der Waals surface area contributed by atoms with E-state index >= 15 is 0 Å². The first kappa shape index (κ1) is 14.9. The molecule has 0 spiro atoms. The number of aromatic nitrogens is 4. The van der Waals surface area contributed by atoms with Gasteiger partial charge in [-0.25, -0.2) is 9.97 Å². The highest BCUT2D eigenvalue weighted by molar-refractivity contribution is 5.58. The predicted molar refractivity (Wildman–Crippen MR) is 95.0 cm³/mol. The van der Waals surface area contributed by atoms with E-state index in [1.54, 1.807) is 6.20 Å². The van der Waals surface area contributed by atoms with Crippen LogP contribution in [0.1, 0.15) is 30.3 Å². The van der Waals surface area contributed by atoms with Crippen LogP contribution >= 0.6 is 0 Å². The van der Waals surface area contributed by atoms with Gasteiger partial charge in [-0.05, 0) is 25.3 Å². The van der Waals surface area contributed by atoms with Crippen molar-refractivity contribution in [1.29, 1.82) is 0 Å². The molecular formula is C19H21N5. The fraction of sp³-hybridized carbons (Fsp3) is 0.316. The van der Waals surface area contributed by atoms with Crippen molar-refractivity contribution in [3.8, 4) is 11.3 Å². The number of aryl methyl sites for hydroxylation is 1. The number of aromatic amines is 1. The Labute approximate surface area is 141 Å². The number of hydrogen-bond donors (Lipinski definition) is 1. The minimum Gasteiger partial charge on any atom is -0.355 e. The van der Waals surface area contributed by atoms with Crippen molar-refractivity contribution in [3.63, 3.8) is 0 Å². The Morgan fingerprint density at radius 2 is 2.00 bits per heavy atom. The van der Waals surface area contributed by atoms with Crippen molar-refractivity contribution in [3.05, 3.63) is 60.4 Å². The Balaban J connectivity index is 1.53. The lowest BCUT2D eigenvalue weighted by Gasteiger charge is -2.32. The summed E-state index contributed by atoms with van der Waals surface area (Å²) in [6, 6.07) is 10.3. The first-order chi connectivity index (χ1) is 11.8. The third-order valence-electron chi connectivity index (χ3n) is 4.55. The molecule has 1 aliphatic heterocycles. The smallest absolute Gasteiger partial charge is 0.147 e. The summed E-state index contributed by atoms with van der Waals surface area (Å²) < 4.78 is 0. The van der Waals surface area contributed by atoms with E-state index < -0.39 is 0 Å². The highest BCUT2D eigenvalue weighted by Crippen LogP contribution is 2.29. The van der Waals surface area contributed by atoms with E-state index in [-0.39, 0.29) is 0 Å². The number of hydrogen-bond acceptors (Lipinski definition) is 4. The number of H-pyrrole nitrogens is 1. The number of nitrogens with one attached hydrogen (secondary N) is 1. The monoisotopic (exact) mass is 319 g/mol. The van der Waals surface area contributed by atoms with E-state index in [2.05, 4.69) is 49.1 Å². The third kappa shape index (κ3) is 3.02. The van der Waals surface area contributed by atoms with E-state index in [1.807, 2.05) is 25.4 Å². The number of imidazole rings is 1. The maximum absolute atomic E-state index is 4.64. The Hall–Kier alpha value is -2.69. The minimum absolute atomic E-state index is 0.401. The number of benzene rings is 1. The topological polar surface area (TPSA) is 57.7 Å². The molecule has 0 bridgehead atoms. The molecule has 5 heteroatoms. The van der Waals surface area contributed by atoms with Gasteiger partial charge in [-0.2, -0.15) is 0 Å². The summed E-state index contributed by atoms with van der Waals surface area (Å²) in [6.45, 7) is 3.94. The van der Waals surface area contributed by atoms with Gasteiger partial charge in [0.15, 0.2) is 0 Å². The third-order valence-corrected chi connectivity index (χ3v) is 4.55. The standard InChI is InChI=1S/C19H21N5/c1-14-10-20-12-18(22-14)24-9-5-8-16(13-24)19-21-11-17(23-19)15-6-3-2-4-7-15/h2-4,6-7,10-12,16H,5,8-9,13H2,1H3,(H,21,23). The van der Waals surface area contributed by atoms with Crippen molar-refractivity contribution in [1.82, 2.24) is 19.9 Å². The molecule has 1 fully saturated rings. The molecular weight excluding hydrogens is 298 g/mol. The molecule has 3 heterocycles. The van der Waals surface area contributed by atoms with Crippen molar-refractivity contribution in [2.24, 2.45) is 0 Å². The van der Waals surface area contributed by atoms with Gasteiger partial charge in [0.1, 0.15) is 11.6 Å². The van der Waals surface area contributed by atoms with Crippen LogP contribution in [0.4, 0.5) is 5.82 Å². The molecule has 1 saturated heterocycles. The maximum Gasteiger partial charge on any atom is 0.147 e. The summed E-state index contributed by atoms with van der Waals surface area (Å²) >= 11 is 0. The molecule has 122 valence electrons. The van der Waals surface area contributed by atoms with Crippen LogP contribution in [0.15, 0.2) is 48.9 Å². The molecule has 1 aliphatic rings. The SMILES string of the molecule is Cc1cncc(N2CCCC(c3ncc(-c4ccccc4)[nH]3)C2)n1. The van der Waals surface area contributed by atoms with Gasteiger partial charge in [-0.3, -0.25) is 4.98 Å². The van der Waals surface area contributed by atoms with Crippen molar-refractivity contribution >= 4 is 5.82 Å². The van der Waals surface area contributed by atoms with Crippen LogP contribution in [-0.4, -0.2) is 33.0 Å². The summed E-state index contributed by atoms with van der Waals surface area (Å²) in [7, 11) is 0. The van der Waals surface area contributed by atoms with Gasteiger partial charge in [0.05, 0.1) is 23.8 Å². The van der Waals surface area contributed by atoms with Gasteiger partial charge in [0.2, 0.25) is 0 Å². The van der Waals surface area contributed by atoms with E-state index in [1.165, 1.54) is 5.56 Å². The first-order valence-corrected chi connectivity index (χ1v) is 8.43. The molecule has 1 unspecified atom stereocenters. The second kappa shape index (κ2) is 6.43. The largest absolute Gasteiger partial charge is 0.355 e. The average molecular weight is 319 g/mol. The second-order valence-corrected chi connectivity index (χ2v) is 6.35. The number of rotatable bonds is 3. The molecule has 1 atom stereocenters. The van der Waals surface area contributed by atoms with Gasteiger partial charge >= 0.3 is 0 Å². The summed E-state index contributed by atoms with van der Waals surface area (Å²) in [4.78, 5) is 19.4. The quantitative estimate of drug-likeness (QED) is 0.802. The molecule has 0 saturated carbocycles. The molecule has 1 N–H and O–H groups in total. The molecule has 2 aromatic heterocycles. The Kier molecular flexibility index (Phi) is 3.99. The molecule has 3 aromatic rings. The van der Waals surface area contributed by atoms with E-state index in [0.29, 0.717) is 5.92 Å². The van der Waals surface area contributed by atoms with Crippen LogP contribution in [0.2, 0.25) is 0 Å². The predicted octanol–water partition coefficient (Wildman–Crippen LogP) is 3.56. The summed E-state index contributed by atoms with van der Waals surface area (Å²) in [6.07, 6.45) is 7.88. The molecule has 0 amide bonds. The number of nitrogens with zero attached hydrogens (tertiary/aromatic N) is 4. The Bertz CT molecular complexity index is 811. The van der Waals surface area contributed by atoms with E-state index in [4.69, 9.17) is 0 Å². The number of piperidine rings is 1. The Morgan fingerprint density at radius 1 is 1.12 bits per heavy atom. The number of anilines is 1.